The Kier molecular flexibility index (Phi) is 6.15. The Balaban J connectivity index is 4.79. The SMILES string of the molecule is CC(C)[O][Ta]([Cl])([Cl])([O]C(C)C)[O]C(C)C. The van der Waals surface area contributed by atoms with Crippen molar-refractivity contribution < 1.29 is 24.6 Å². The van der Waals surface area contributed by atoms with Crippen LogP contribution < -0.4 is 0 Å². The Morgan fingerprint density at radius 2 is 0.867 bits per heavy atom. The zero-order chi connectivity index (χ0) is 12.3. The van der Waals surface area contributed by atoms with Gasteiger partial charge in [-0.25, -0.2) is 0 Å². The second-order valence-electron chi connectivity index (χ2n) is 4.16. The van der Waals surface area contributed by atoms with Gasteiger partial charge in [0, 0.05) is 0 Å². The molecule has 0 rings (SSSR count). The van der Waals surface area contributed by atoms with Crippen molar-refractivity contribution in [1.29, 1.82) is 0 Å². The fourth-order valence-electron chi connectivity index (χ4n) is 1.07. The molecule has 0 aromatic rings. The second-order valence-corrected chi connectivity index (χ2v) is 22.4. The summed E-state index contributed by atoms with van der Waals surface area (Å²) in [5.41, 5.74) is 0. The van der Waals surface area contributed by atoms with E-state index in [1.165, 1.54) is 0 Å². The summed E-state index contributed by atoms with van der Waals surface area (Å²) in [5, 5.41) is 0. The van der Waals surface area contributed by atoms with Gasteiger partial charge < -0.3 is 0 Å². The Morgan fingerprint density at radius 3 is 1.00 bits per heavy atom. The molecule has 0 heterocycles. The Labute approximate surface area is 102 Å². The van der Waals surface area contributed by atoms with Crippen LogP contribution >= 0.6 is 18.4 Å². The normalized spacial score (nSPS) is 16.1. The monoisotopic (exact) mass is 428 g/mol. The van der Waals surface area contributed by atoms with E-state index < -0.39 is 14.8 Å². The summed E-state index contributed by atoms with van der Waals surface area (Å²) in [6, 6.07) is 0. The van der Waals surface area contributed by atoms with Crippen molar-refractivity contribution in [2.45, 2.75) is 59.9 Å². The predicted octanol–water partition coefficient (Wildman–Crippen LogP) is 4.00. The van der Waals surface area contributed by atoms with Crippen molar-refractivity contribution >= 4 is 18.4 Å². The second kappa shape index (κ2) is 5.69. The van der Waals surface area contributed by atoms with Crippen LogP contribution in [-0.2, 0) is 24.6 Å². The molecule has 6 heteroatoms. The molecule has 0 aliphatic carbocycles. The summed E-state index contributed by atoms with van der Waals surface area (Å²) in [6.45, 7) is 11.1. The molecule has 0 aromatic carbocycles. The van der Waals surface area contributed by atoms with E-state index >= 15 is 0 Å². The van der Waals surface area contributed by atoms with E-state index in [1.54, 1.807) is 0 Å². The quantitative estimate of drug-likeness (QED) is 0.639. The van der Waals surface area contributed by atoms with E-state index in [1.807, 2.05) is 41.5 Å². The van der Waals surface area contributed by atoms with Crippen molar-refractivity contribution in [3.63, 3.8) is 0 Å². The molecule has 3 nitrogen and oxygen atoms in total. The third-order valence-corrected chi connectivity index (χ3v) is 13.2. The van der Waals surface area contributed by atoms with E-state index in [2.05, 4.69) is 0 Å². The molecule has 0 aliphatic heterocycles. The van der Waals surface area contributed by atoms with Crippen LogP contribution in [0.5, 0.6) is 0 Å². The molecule has 0 aromatic heterocycles. The van der Waals surface area contributed by atoms with Gasteiger partial charge in [-0.15, -0.1) is 0 Å². The zero-order valence-electron chi connectivity index (χ0n) is 10.2. The molecular formula is C9H21Cl2O3Ta. The summed E-state index contributed by atoms with van der Waals surface area (Å²) >= 11 is -4.95. The van der Waals surface area contributed by atoms with Crippen LogP contribution in [0.3, 0.4) is 0 Å². The van der Waals surface area contributed by atoms with Crippen LogP contribution in [0.2, 0.25) is 0 Å². The summed E-state index contributed by atoms with van der Waals surface area (Å²) in [5.74, 6) is 0. The Hall–Kier alpha value is 1.20. The maximum atomic E-state index is 6.29. The van der Waals surface area contributed by atoms with Crippen LogP contribution in [0.25, 0.3) is 0 Å². The van der Waals surface area contributed by atoms with E-state index in [0.29, 0.717) is 0 Å². The number of halogens is 2. The van der Waals surface area contributed by atoms with Crippen LogP contribution in [0.1, 0.15) is 41.5 Å². The third kappa shape index (κ3) is 7.18. The van der Waals surface area contributed by atoms with Crippen molar-refractivity contribution in [2.75, 3.05) is 0 Å². The van der Waals surface area contributed by atoms with Gasteiger partial charge in [0.2, 0.25) is 0 Å². The Bertz CT molecular complexity index is 174. The molecular weight excluding hydrogens is 408 g/mol. The molecule has 0 radical (unpaired) electrons. The molecule has 15 heavy (non-hydrogen) atoms. The van der Waals surface area contributed by atoms with E-state index in [4.69, 9.17) is 28.1 Å². The first-order valence-electron chi connectivity index (χ1n) is 5.06. The molecule has 94 valence electrons. The molecule has 0 saturated carbocycles. The van der Waals surface area contributed by atoms with Gasteiger partial charge in [-0.3, -0.25) is 0 Å². The van der Waals surface area contributed by atoms with E-state index in [0.717, 1.165) is 0 Å². The van der Waals surface area contributed by atoms with E-state index in [-0.39, 0.29) is 18.3 Å². The average Bonchev–Trinajstić information content (AvgIpc) is 1.74. The van der Waals surface area contributed by atoms with Crippen LogP contribution in [0.4, 0.5) is 0 Å². The van der Waals surface area contributed by atoms with Crippen LogP contribution in [0, 0.1) is 0 Å². The van der Waals surface area contributed by atoms with Crippen molar-refractivity contribution in [1.82, 2.24) is 0 Å². The molecule has 0 bridgehead atoms. The van der Waals surface area contributed by atoms with Crippen molar-refractivity contribution in [3.8, 4) is 0 Å². The number of hydrogen-bond acceptors (Lipinski definition) is 3. The van der Waals surface area contributed by atoms with Gasteiger partial charge in [-0.2, -0.15) is 0 Å². The maximum absolute atomic E-state index is 6.29. The van der Waals surface area contributed by atoms with Crippen molar-refractivity contribution in [2.24, 2.45) is 0 Å². The van der Waals surface area contributed by atoms with Crippen molar-refractivity contribution in [3.05, 3.63) is 0 Å². The van der Waals surface area contributed by atoms with Crippen LogP contribution in [0.15, 0.2) is 0 Å². The first-order valence-corrected chi connectivity index (χ1v) is 17.0. The first-order chi connectivity index (χ1) is 6.53. The van der Waals surface area contributed by atoms with Crippen LogP contribution in [-0.4, -0.2) is 18.3 Å². The molecule has 0 unspecified atom stereocenters. The fraction of sp³-hybridized carbons (Fsp3) is 1.00. The minimum absolute atomic E-state index is 0.120. The molecule has 0 amide bonds. The van der Waals surface area contributed by atoms with Gasteiger partial charge in [0.25, 0.3) is 0 Å². The molecule has 0 atom stereocenters. The zero-order valence-corrected chi connectivity index (χ0v) is 14.9. The van der Waals surface area contributed by atoms with Gasteiger partial charge in [0.05, 0.1) is 0 Å². The molecule has 0 aliphatic rings. The minimum atomic E-state index is -4.95. The molecule has 0 N–H and O–H groups in total. The summed E-state index contributed by atoms with van der Waals surface area (Å²) in [7, 11) is 12.6. The third-order valence-electron chi connectivity index (χ3n) is 1.13. The fourth-order valence-corrected chi connectivity index (χ4v) is 16.6. The number of rotatable bonds is 6. The molecule has 0 saturated heterocycles. The molecule has 0 fully saturated rings. The Morgan fingerprint density at radius 1 is 0.667 bits per heavy atom. The molecule has 0 spiro atoms. The van der Waals surface area contributed by atoms with Gasteiger partial charge in [0.15, 0.2) is 0 Å². The van der Waals surface area contributed by atoms with Gasteiger partial charge in [0.1, 0.15) is 0 Å². The predicted molar refractivity (Wildman–Crippen MR) is 60.4 cm³/mol. The van der Waals surface area contributed by atoms with E-state index in [9.17, 15) is 0 Å². The summed E-state index contributed by atoms with van der Waals surface area (Å²) in [6.07, 6.45) is -0.361. The summed E-state index contributed by atoms with van der Waals surface area (Å²) in [4.78, 5) is 0. The van der Waals surface area contributed by atoms with Gasteiger partial charge in [-0.05, 0) is 0 Å². The van der Waals surface area contributed by atoms with Gasteiger partial charge in [-0.1, -0.05) is 0 Å². The first kappa shape index (κ1) is 16.2. The standard InChI is InChI=1S/3C3H7O.2ClH.Ta/c3*1-3(2)4;;;/h3*3H,1-2H3;2*1H;/q3*-1;;;+5/p-2. The average molecular weight is 429 g/mol. The topological polar surface area (TPSA) is 27.7 Å². The summed E-state index contributed by atoms with van der Waals surface area (Å²) < 4.78 is 16.6. The van der Waals surface area contributed by atoms with Gasteiger partial charge >= 0.3 is 103 Å². The number of hydrogen-bond donors (Lipinski definition) is 0.